The smallest absolute Gasteiger partial charge is 0.263 e. The lowest BCUT2D eigenvalue weighted by molar-refractivity contribution is -0.116. The van der Waals surface area contributed by atoms with Gasteiger partial charge in [0.25, 0.3) is 5.56 Å². The lowest BCUT2D eigenvalue weighted by atomic mass is 10.1. The Labute approximate surface area is 214 Å². The molecule has 2 aromatic heterocycles. The maximum Gasteiger partial charge on any atom is 0.263 e. The van der Waals surface area contributed by atoms with Crippen LogP contribution in [0.1, 0.15) is 5.56 Å². The van der Waals surface area contributed by atoms with E-state index >= 15 is 0 Å². The highest BCUT2D eigenvalue weighted by molar-refractivity contribution is 7.94. The van der Waals surface area contributed by atoms with Crippen LogP contribution >= 0.6 is 46.1 Å². The van der Waals surface area contributed by atoms with E-state index in [1.165, 1.54) is 16.7 Å². The van der Waals surface area contributed by atoms with Crippen LogP contribution in [0.2, 0.25) is 14.4 Å². The molecule has 0 amide bonds. The van der Waals surface area contributed by atoms with Gasteiger partial charge in [0.15, 0.2) is 15.6 Å². The Morgan fingerprint density at radius 3 is 2.44 bits per heavy atom. The first-order valence-corrected chi connectivity index (χ1v) is 13.5. The van der Waals surface area contributed by atoms with Gasteiger partial charge in [-0.25, -0.2) is 8.42 Å². The molecule has 0 aliphatic carbocycles. The van der Waals surface area contributed by atoms with Crippen molar-refractivity contribution >= 4 is 78.2 Å². The number of Topliss-reactive ketones (excluding diaryl/α,β-unsaturated/α-hetero) is 1. The molecule has 2 aromatic carbocycles. The average Bonchev–Trinajstić information content (AvgIpc) is 3.22. The highest BCUT2D eigenvalue weighted by atomic mass is 35.5. The largest absolute Gasteiger partial charge is 0.387 e. The fourth-order valence-corrected chi connectivity index (χ4v) is 6.89. The molecule has 0 atom stereocenters. The number of nitrogens with zero attached hydrogens (tertiary/aromatic N) is 1. The molecular weight excluding hydrogens is 539 g/mol. The first-order valence-electron chi connectivity index (χ1n) is 9.90. The molecule has 0 spiro atoms. The van der Waals surface area contributed by atoms with E-state index in [1.807, 2.05) is 0 Å². The van der Waals surface area contributed by atoms with E-state index in [-0.39, 0.29) is 21.2 Å². The van der Waals surface area contributed by atoms with E-state index in [9.17, 15) is 18.0 Å². The zero-order chi connectivity index (χ0) is 24.6. The molecule has 0 aliphatic heterocycles. The number of hydrogen-bond acceptors (Lipinski definition) is 6. The number of ketones is 1. The number of aromatic nitrogens is 1. The quantitative estimate of drug-likeness (QED) is 0.319. The maximum atomic E-state index is 13.1. The predicted octanol–water partition coefficient (Wildman–Crippen LogP) is 5.64. The maximum absolute atomic E-state index is 13.1. The van der Waals surface area contributed by atoms with Gasteiger partial charge in [-0.15, -0.1) is 11.3 Å². The molecule has 0 bridgehead atoms. The number of halogens is 3. The Balaban J connectivity index is 1.59. The second-order valence-corrected chi connectivity index (χ2v) is 12.2. The lowest BCUT2D eigenvalue weighted by Gasteiger charge is -2.12. The summed E-state index contributed by atoms with van der Waals surface area (Å²) in [4.78, 5) is 25.5. The van der Waals surface area contributed by atoms with Gasteiger partial charge in [0.2, 0.25) is 0 Å². The van der Waals surface area contributed by atoms with Gasteiger partial charge >= 0.3 is 0 Å². The van der Waals surface area contributed by atoms with Crippen LogP contribution in [0.15, 0.2) is 63.7 Å². The molecule has 0 fully saturated rings. The van der Waals surface area contributed by atoms with E-state index in [1.54, 1.807) is 49.6 Å². The summed E-state index contributed by atoms with van der Waals surface area (Å²) in [5.41, 5.74) is 1.38. The van der Waals surface area contributed by atoms with Crippen LogP contribution in [0, 0.1) is 0 Å². The second-order valence-electron chi connectivity index (χ2n) is 7.48. The molecule has 2 heterocycles. The first-order chi connectivity index (χ1) is 16.1. The minimum absolute atomic E-state index is 0.0526. The zero-order valence-corrected chi connectivity index (χ0v) is 21.5. The number of carbonyl (C=O) groups is 1. The number of fused-ring (bicyclic) bond motifs is 1. The molecule has 4 aromatic rings. The summed E-state index contributed by atoms with van der Waals surface area (Å²) in [5.74, 6) is -1.12. The van der Waals surface area contributed by atoms with E-state index in [0.29, 0.717) is 31.7 Å². The average molecular weight is 556 g/mol. The Morgan fingerprint density at radius 2 is 1.79 bits per heavy atom. The summed E-state index contributed by atoms with van der Waals surface area (Å²) >= 11 is 19.4. The van der Waals surface area contributed by atoms with Crippen LogP contribution in [0.5, 0.6) is 0 Å². The van der Waals surface area contributed by atoms with Crippen molar-refractivity contribution in [1.29, 1.82) is 0 Å². The number of anilines is 1. The zero-order valence-electron chi connectivity index (χ0n) is 17.6. The predicted molar refractivity (Wildman–Crippen MR) is 139 cm³/mol. The van der Waals surface area contributed by atoms with Crippen molar-refractivity contribution in [2.45, 2.75) is 10.6 Å². The van der Waals surface area contributed by atoms with Crippen molar-refractivity contribution in [3.05, 3.63) is 85.0 Å². The number of benzene rings is 2. The normalized spacial score (nSPS) is 11.6. The molecule has 0 saturated carbocycles. The fraction of sp³-hybridized carbons (Fsp3) is 0.130. The molecule has 34 heavy (non-hydrogen) atoms. The number of rotatable bonds is 7. The molecule has 11 heteroatoms. The second kappa shape index (κ2) is 9.71. The Bertz CT molecular complexity index is 1590. The molecule has 1 N–H and O–H groups in total. The van der Waals surface area contributed by atoms with Crippen LogP contribution in [0.4, 0.5) is 5.69 Å². The van der Waals surface area contributed by atoms with Gasteiger partial charge in [-0.2, -0.15) is 0 Å². The summed E-state index contributed by atoms with van der Waals surface area (Å²) in [7, 11) is -2.02. The number of hydrogen-bond donors (Lipinski definition) is 1. The molecule has 176 valence electrons. The highest BCUT2D eigenvalue weighted by Gasteiger charge is 2.22. The van der Waals surface area contributed by atoms with Gasteiger partial charge < -0.3 is 5.32 Å². The van der Waals surface area contributed by atoms with Crippen molar-refractivity contribution < 1.29 is 13.2 Å². The number of carbonyl (C=O) groups excluding carboxylic acids is 1. The number of pyridine rings is 1. The van der Waals surface area contributed by atoms with E-state index < -0.39 is 21.4 Å². The SMILES string of the molecule is CNc1cc2ccn(-c3ccc(CC(=O)CS(=O)(=O)c4ccc(Cl)s4)cc3Cl)c(=O)c2cc1Cl. The van der Waals surface area contributed by atoms with Crippen molar-refractivity contribution in [3.8, 4) is 5.69 Å². The molecule has 0 aliphatic rings. The van der Waals surface area contributed by atoms with Gasteiger partial charge in [-0.05, 0) is 53.4 Å². The number of thiophene rings is 1. The standard InChI is InChI=1S/C23H17Cl3N2O4S2/c1-27-19-10-14-6-7-28(23(30)16(14)11-17(19)24)20-3-2-13(9-18(20)25)8-15(29)12-34(31,32)22-5-4-21(26)33-22/h2-7,9-11,27H,8,12H2,1H3. The molecule has 0 radical (unpaired) electrons. The summed E-state index contributed by atoms with van der Waals surface area (Å²) in [6, 6.07) is 12.8. The topological polar surface area (TPSA) is 85.2 Å². The van der Waals surface area contributed by atoms with Crippen LogP contribution in [-0.4, -0.2) is 31.6 Å². The van der Waals surface area contributed by atoms with Crippen LogP contribution in [-0.2, 0) is 21.1 Å². The van der Waals surface area contributed by atoms with Crippen LogP contribution < -0.4 is 10.9 Å². The number of nitrogens with one attached hydrogen (secondary N) is 1. The first kappa shape index (κ1) is 24.8. The fourth-order valence-electron chi connectivity index (χ4n) is 3.53. The summed E-state index contributed by atoms with van der Waals surface area (Å²) in [5, 5.41) is 4.80. The van der Waals surface area contributed by atoms with E-state index in [4.69, 9.17) is 34.8 Å². The third-order valence-corrected chi connectivity index (χ3v) is 9.24. The Morgan fingerprint density at radius 1 is 1.03 bits per heavy atom. The van der Waals surface area contributed by atoms with E-state index in [2.05, 4.69) is 5.32 Å². The Kier molecular flexibility index (Phi) is 7.07. The third-order valence-electron chi connectivity index (χ3n) is 5.14. The van der Waals surface area contributed by atoms with Crippen LogP contribution in [0.25, 0.3) is 16.5 Å². The highest BCUT2D eigenvalue weighted by Crippen LogP contribution is 2.29. The van der Waals surface area contributed by atoms with Gasteiger partial charge in [0.1, 0.15) is 9.96 Å². The minimum atomic E-state index is -3.76. The van der Waals surface area contributed by atoms with Gasteiger partial charge in [0, 0.05) is 25.1 Å². The molecule has 0 unspecified atom stereocenters. The van der Waals surface area contributed by atoms with Crippen molar-refractivity contribution in [3.63, 3.8) is 0 Å². The van der Waals surface area contributed by atoms with Gasteiger partial charge in [-0.3, -0.25) is 14.2 Å². The Hall–Kier alpha value is -2.36. The molecule has 6 nitrogen and oxygen atoms in total. The van der Waals surface area contributed by atoms with Crippen molar-refractivity contribution in [2.75, 3.05) is 18.1 Å². The molecule has 4 rings (SSSR count). The summed E-state index contributed by atoms with van der Waals surface area (Å²) in [6.45, 7) is 0. The van der Waals surface area contributed by atoms with Crippen molar-refractivity contribution in [1.82, 2.24) is 4.57 Å². The third kappa shape index (κ3) is 5.01. The molecular formula is C23H17Cl3N2O4S2. The number of sulfone groups is 1. The van der Waals surface area contributed by atoms with Crippen LogP contribution in [0.3, 0.4) is 0 Å². The van der Waals surface area contributed by atoms with Gasteiger partial charge in [-0.1, -0.05) is 40.9 Å². The summed E-state index contributed by atoms with van der Waals surface area (Å²) in [6.07, 6.45) is 1.50. The van der Waals surface area contributed by atoms with E-state index in [0.717, 1.165) is 16.7 Å². The minimum Gasteiger partial charge on any atom is -0.387 e. The summed E-state index contributed by atoms with van der Waals surface area (Å²) < 4.78 is 26.6. The van der Waals surface area contributed by atoms with Crippen molar-refractivity contribution in [2.24, 2.45) is 0 Å². The lowest BCUT2D eigenvalue weighted by Crippen LogP contribution is -2.19. The monoisotopic (exact) mass is 554 g/mol. The molecule has 0 saturated heterocycles. The van der Waals surface area contributed by atoms with Gasteiger partial charge in [0.05, 0.1) is 25.8 Å².